The lowest BCUT2D eigenvalue weighted by Gasteiger charge is -2.39. The Morgan fingerprint density at radius 2 is 1.82 bits per heavy atom. The zero-order valence-electron chi connectivity index (χ0n) is 12.2. The summed E-state index contributed by atoms with van der Waals surface area (Å²) in [4.78, 5) is 0. The molecule has 3 rings (SSSR count). The van der Waals surface area contributed by atoms with Gasteiger partial charge in [-0.15, -0.1) is 0 Å². The minimum Gasteiger partial charge on any atom is -0.379 e. The number of morpholine rings is 2. The highest BCUT2D eigenvalue weighted by molar-refractivity contribution is 7.86. The molecule has 0 saturated carbocycles. The van der Waals surface area contributed by atoms with Gasteiger partial charge in [0.05, 0.1) is 32.5 Å². The molecule has 0 aliphatic carbocycles. The van der Waals surface area contributed by atoms with Gasteiger partial charge in [-0.3, -0.25) is 0 Å². The van der Waals surface area contributed by atoms with Crippen LogP contribution in [0.5, 0.6) is 0 Å². The van der Waals surface area contributed by atoms with Gasteiger partial charge in [0.25, 0.3) is 10.2 Å². The third kappa shape index (κ3) is 3.16. The van der Waals surface area contributed by atoms with Crippen molar-refractivity contribution in [3.63, 3.8) is 0 Å². The van der Waals surface area contributed by atoms with Gasteiger partial charge in [0, 0.05) is 19.6 Å². The molecule has 1 unspecified atom stereocenters. The summed E-state index contributed by atoms with van der Waals surface area (Å²) < 4.78 is 52.6. The van der Waals surface area contributed by atoms with Crippen LogP contribution in [0.3, 0.4) is 0 Å². The second-order valence-corrected chi connectivity index (χ2v) is 7.16. The van der Waals surface area contributed by atoms with E-state index in [1.165, 1.54) is 20.7 Å². The van der Waals surface area contributed by atoms with Crippen molar-refractivity contribution in [1.29, 1.82) is 0 Å². The van der Waals surface area contributed by atoms with Crippen molar-refractivity contribution >= 4 is 10.2 Å². The van der Waals surface area contributed by atoms with Crippen LogP contribution < -0.4 is 0 Å². The van der Waals surface area contributed by atoms with E-state index >= 15 is 0 Å². The molecule has 1 aromatic rings. The van der Waals surface area contributed by atoms with Crippen LogP contribution in [0.2, 0.25) is 0 Å². The Morgan fingerprint density at radius 1 is 1.09 bits per heavy atom. The Balaban J connectivity index is 1.88. The molecular weight excluding hydrogens is 311 g/mol. The van der Waals surface area contributed by atoms with Gasteiger partial charge in [-0.25, -0.2) is 4.39 Å². The predicted molar refractivity (Wildman–Crippen MR) is 78.0 cm³/mol. The lowest BCUT2D eigenvalue weighted by atomic mass is 10.1. The van der Waals surface area contributed by atoms with E-state index in [0.29, 0.717) is 38.5 Å². The van der Waals surface area contributed by atoms with Crippen LogP contribution in [-0.2, 0) is 19.7 Å². The summed E-state index contributed by atoms with van der Waals surface area (Å²) in [5.74, 6) is -0.383. The summed E-state index contributed by atoms with van der Waals surface area (Å²) in [6, 6.07) is 5.51. The van der Waals surface area contributed by atoms with Crippen LogP contribution in [0.1, 0.15) is 11.6 Å². The van der Waals surface area contributed by atoms with Crippen molar-refractivity contribution in [1.82, 2.24) is 8.61 Å². The van der Waals surface area contributed by atoms with Gasteiger partial charge in [0.2, 0.25) is 0 Å². The van der Waals surface area contributed by atoms with E-state index in [1.54, 1.807) is 12.1 Å². The molecule has 22 heavy (non-hydrogen) atoms. The SMILES string of the molecule is O=S(=O)(N1CCOCC1)N1CCOCC1c1cccc(F)c1. The molecule has 2 saturated heterocycles. The average Bonchev–Trinajstić information content (AvgIpc) is 2.56. The summed E-state index contributed by atoms with van der Waals surface area (Å²) >= 11 is 0. The standard InChI is InChI=1S/C14H19FN2O4S/c15-13-3-1-2-12(10-13)14-11-21-9-6-17(14)22(18,19)16-4-7-20-8-5-16/h1-3,10,14H,4-9,11H2. The zero-order valence-corrected chi connectivity index (χ0v) is 13.0. The molecule has 2 heterocycles. The average molecular weight is 330 g/mol. The van der Waals surface area contributed by atoms with Crippen molar-refractivity contribution < 1.29 is 22.3 Å². The lowest BCUT2D eigenvalue weighted by Crippen LogP contribution is -2.52. The monoisotopic (exact) mass is 330 g/mol. The maximum atomic E-state index is 13.5. The van der Waals surface area contributed by atoms with Crippen LogP contribution in [0.25, 0.3) is 0 Å². The first kappa shape index (κ1) is 15.8. The molecule has 0 radical (unpaired) electrons. The summed E-state index contributed by atoms with van der Waals surface area (Å²) in [5, 5.41) is 0. The van der Waals surface area contributed by atoms with Gasteiger partial charge in [-0.1, -0.05) is 12.1 Å². The van der Waals surface area contributed by atoms with E-state index in [-0.39, 0.29) is 19.0 Å². The molecule has 0 N–H and O–H groups in total. The van der Waals surface area contributed by atoms with Crippen molar-refractivity contribution in [2.75, 3.05) is 46.1 Å². The molecule has 0 bridgehead atoms. The smallest absolute Gasteiger partial charge is 0.282 e. The zero-order chi connectivity index (χ0) is 15.6. The Kier molecular flexibility index (Phi) is 4.74. The number of nitrogens with zero attached hydrogens (tertiary/aromatic N) is 2. The van der Waals surface area contributed by atoms with Crippen LogP contribution in [0.4, 0.5) is 4.39 Å². The quantitative estimate of drug-likeness (QED) is 0.822. The minimum atomic E-state index is -3.61. The van der Waals surface area contributed by atoms with Crippen molar-refractivity contribution in [3.8, 4) is 0 Å². The molecule has 1 atom stereocenters. The summed E-state index contributed by atoms with van der Waals surface area (Å²) in [7, 11) is -3.61. The molecule has 1 aromatic carbocycles. The van der Waals surface area contributed by atoms with E-state index in [2.05, 4.69) is 0 Å². The van der Waals surface area contributed by atoms with E-state index in [9.17, 15) is 12.8 Å². The summed E-state index contributed by atoms with van der Waals surface area (Å²) in [5.41, 5.74) is 0.608. The van der Waals surface area contributed by atoms with Gasteiger partial charge in [-0.2, -0.15) is 17.0 Å². The van der Waals surface area contributed by atoms with Gasteiger partial charge in [-0.05, 0) is 17.7 Å². The van der Waals surface area contributed by atoms with Crippen molar-refractivity contribution in [2.45, 2.75) is 6.04 Å². The van der Waals surface area contributed by atoms with Crippen LogP contribution in [0.15, 0.2) is 24.3 Å². The van der Waals surface area contributed by atoms with E-state index in [4.69, 9.17) is 9.47 Å². The molecule has 2 aliphatic rings. The Bertz CT molecular complexity index is 619. The van der Waals surface area contributed by atoms with Crippen LogP contribution in [0, 0.1) is 5.82 Å². The highest BCUT2D eigenvalue weighted by Gasteiger charge is 2.38. The fourth-order valence-corrected chi connectivity index (χ4v) is 4.48. The molecule has 0 aromatic heterocycles. The number of hydrogen-bond acceptors (Lipinski definition) is 4. The highest BCUT2D eigenvalue weighted by Crippen LogP contribution is 2.29. The first-order valence-electron chi connectivity index (χ1n) is 7.27. The molecule has 8 heteroatoms. The number of ether oxygens (including phenoxy) is 2. The van der Waals surface area contributed by atoms with Crippen LogP contribution >= 0.6 is 0 Å². The number of benzene rings is 1. The summed E-state index contributed by atoms with van der Waals surface area (Å²) in [6.07, 6.45) is 0. The molecule has 2 fully saturated rings. The summed E-state index contributed by atoms with van der Waals surface area (Å²) in [6.45, 7) is 2.32. The van der Waals surface area contributed by atoms with E-state index in [0.717, 1.165) is 0 Å². The Labute approximate surface area is 129 Å². The Hall–Kier alpha value is -1.06. The van der Waals surface area contributed by atoms with Crippen molar-refractivity contribution in [2.24, 2.45) is 0 Å². The molecule has 0 spiro atoms. The van der Waals surface area contributed by atoms with Gasteiger partial charge in [0.1, 0.15) is 5.82 Å². The molecular formula is C14H19FN2O4S. The number of hydrogen-bond donors (Lipinski definition) is 0. The topological polar surface area (TPSA) is 59.1 Å². The molecule has 122 valence electrons. The van der Waals surface area contributed by atoms with Crippen molar-refractivity contribution in [3.05, 3.63) is 35.6 Å². The largest absolute Gasteiger partial charge is 0.379 e. The Morgan fingerprint density at radius 3 is 2.55 bits per heavy atom. The molecule has 6 nitrogen and oxygen atoms in total. The normalized spacial score (nSPS) is 25.2. The van der Waals surface area contributed by atoms with Gasteiger partial charge >= 0.3 is 0 Å². The third-order valence-electron chi connectivity index (χ3n) is 3.91. The number of halogens is 1. The maximum absolute atomic E-state index is 13.5. The second kappa shape index (κ2) is 6.59. The molecule has 0 amide bonds. The second-order valence-electron chi connectivity index (χ2n) is 5.28. The first-order valence-corrected chi connectivity index (χ1v) is 8.66. The van der Waals surface area contributed by atoms with E-state index < -0.39 is 16.3 Å². The van der Waals surface area contributed by atoms with Crippen LogP contribution in [-0.4, -0.2) is 63.1 Å². The minimum absolute atomic E-state index is 0.229. The lowest BCUT2D eigenvalue weighted by molar-refractivity contribution is 0.0237. The third-order valence-corrected chi connectivity index (χ3v) is 5.95. The van der Waals surface area contributed by atoms with Gasteiger partial charge < -0.3 is 9.47 Å². The maximum Gasteiger partial charge on any atom is 0.282 e. The highest BCUT2D eigenvalue weighted by atomic mass is 32.2. The van der Waals surface area contributed by atoms with Gasteiger partial charge in [0.15, 0.2) is 0 Å². The fourth-order valence-electron chi connectivity index (χ4n) is 2.77. The number of rotatable bonds is 3. The first-order chi connectivity index (χ1) is 10.6. The molecule has 2 aliphatic heterocycles. The predicted octanol–water partition coefficient (Wildman–Crippen LogP) is 0.776. The fraction of sp³-hybridized carbons (Fsp3) is 0.571. The van der Waals surface area contributed by atoms with E-state index in [1.807, 2.05) is 0 Å².